The van der Waals surface area contributed by atoms with E-state index in [2.05, 4.69) is 20.6 Å². The van der Waals surface area contributed by atoms with Crippen molar-refractivity contribution >= 4 is 63.7 Å². The summed E-state index contributed by atoms with van der Waals surface area (Å²) in [6.45, 7) is 8.56. The van der Waals surface area contributed by atoms with Gasteiger partial charge in [-0.05, 0) is 111 Å². The Balaban J connectivity index is 0.869. The number of thiazole rings is 1. The summed E-state index contributed by atoms with van der Waals surface area (Å²) in [5, 5.41) is 14.5. The number of thiocarbonyl (C=S) groups is 1. The lowest BCUT2D eigenvalue weighted by Gasteiger charge is -2.35. The van der Waals surface area contributed by atoms with E-state index in [0.717, 1.165) is 33.8 Å². The van der Waals surface area contributed by atoms with Gasteiger partial charge in [-0.1, -0.05) is 45.0 Å². The van der Waals surface area contributed by atoms with Crippen LogP contribution < -0.4 is 25.2 Å². The van der Waals surface area contributed by atoms with Gasteiger partial charge in [0, 0.05) is 18.7 Å². The lowest BCUT2D eigenvalue weighted by molar-refractivity contribution is -0.144. The molecule has 4 unspecified atom stereocenters. The Kier molecular flexibility index (Phi) is 16.5. The molecule has 2 aliphatic rings. The fourth-order valence-electron chi connectivity index (χ4n) is 8.59. The topological polar surface area (TPSA) is 170 Å². The molecule has 0 bridgehead atoms. The first-order chi connectivity index (χ1) is 34.9. The lowest BCUT2D eigenvalue weighted by atomic mass is 9.85. The van der Waals surface area contributed by atoms with Gasteiger partial charge in [0.1, 0.15) is 42.1 Å². The molecule has 0 radical (unpaired) electrons. The van der Waals surface area contributed by atoms with Crippen LogP contribution in [0.3, 0.4) is 0 Å². The van der Waals surface area contributed by atoms with Crippen LogP contribution in [-0.4, -0.2) is 99.9 Å². The molecule has 4 heterocycles. The summed E-state index contributed by atoms with van der Waals surface area (Å²) < 4.78 is 97.3. The number of pyridine rings is 1. The number of carbonyl (C=O) groups excluding carboxylic acids is 4. The molecule has 0 saturated carbocycles. The number of hydrogen-bond acceptors (Lipinski definition) is 11. The number of likely N-dealkylation sites (tertiary alicyclic amines) is 1. The molecule has 4 atom stereocenters. The number of ether oxygens (including phenoxy) is 2. The van der Waals surface area contributed by atoms with Gasteiger partial charge in [-0.3, -0.25) is 29.1 Å². The van der Waals surface area contributed by atoms with Crippen molar-refractivity contribution in [3.05, 3.63) is 113 Å². The Morgan fingerprint density at radius 2 is 1.64 bits per heavy atom. The van der Waals surface area contributed by atoms with Crippen molar-refractivity contribution in [2.24, 2.45) is 5.41 Å². The highest BCUT2D eigenvalue weighted by Gasteiger charge is 2.52. The number of nitrogens with zero attached hydrogens (tertiary/aromatic N) is 6. The van der Waals surface area contributed by atoms with Crippen molar-refractivity contribution in [2.45, 2.75) is 97.1 Å². The molecule has 4 amide bonds. The third-order valence-electron chi connectivity index (χ3n) is 12.6. The Morgan fingerprint density at radius 1 is 0.959 bits per heavy atom. The zero-order valence-electron chi connectivity index (χ0n) is 41.1. The lowest BCUT2D eigenvalue weighted by Crippen LogP contribution is -2.58. The van der Waals surface area contributed by atoms with Crippen LogP contribution in [0.5, 0.6) is 5.75 Å². The van der Waals surface area contributed by atoms with Gasteiger partial charge in [0.2, 0.25) is 17.7 Å². The minimum absolute atomic E-state index is 0.190. The van der Waals surface area contributed by atoms with E-state index in [1.807, 2.05) is 31.2 Å². The van der Waals surface area contributed by atoms with E-state index in [-0.39, 0.29) is 29.0 Å². The number of nitrogens with one attached hydrogen (secondary N) is 2. The number of aromatic nitrogens is 2. The maximum absolute atomic E-state index is 15.4. The van der Waals surface area contributed by atoms with Crippen LogP contribution in [0.2, 0.25) is 0 Å². The summed E-state index contributed by atoms with van der Waals surface area (Å²) in [5.41, 5.74) is 0.0660. The van der Waals surface area contributed by atoms with Crippen LogP contribution in [0, 0.1) is 29.5 Å². The highest BCUT2D eigenvalue weighted by molar-refractivity contribution is 7.81. The maximum atomic E-state index is 15.4. The van der Waals surface area contributed by atoms with Crippen molar-refractivity contribution in [3.63, 3.8) is 0 Å². The van der Waals surface area contributed by atoms with Gasteiger partial charge >= 0.3 is 6.18 Å². The zero-order valence-corrected chi connectivity index (χ0v) is 42.7. The van der Waals surface area contributed by atoms with Gasteiger partial charge in [-0.2, -0.15) is 18.4 Å². The van der Waals surface area contributed by atoms with Gasteiger partial charge in [-0.15, -0.1) is 11.3 Å². The van der Waals surface area contributed by atoms with Crippen molar-refractivity contribution < 1.29 is 55.0 Å². The highest BCUT2D eigenvalue weighted by Crippen LogP contribution is 2.42. The van der Waals surface area contributed by atoms with Crippen LogP contribution in [0.1, 0.15) is 69.8 Å². The summed E-state index contributed by atoms with van der Waals surface area (Å²) in [6.07, 6.45) is -7.15. The molecular weight excluding hydrogens is 1010 g/mol. The number of rotatable bonds is 17. The van der Waals surface area contributed by atoms with E-state index in [0.29, 0.717) is 35.5 Å². The third kappa shape index (κ3) is 11.8. The summed E-state index contributed by atoms with van der Waals surface area (Å²) in [5.74, 6) is -3.94. The molecule has 2 N–H and O–H groups in total. The van der Waals surface area contributed by atoms with Crippen molar-refractivity contribution in [1.82, 2.24) is 25.5 Å². The molecule has 390 valence electrons. The Morgan fingerprint density at radius 3 is 2.24 bits per heavy atom. The Bertz CT molecular complexity index is 2940. The molecule has 7 rings (SSSR count). The second-order valence-electron chi connectivity index (χ2n) is 19.3. The van der Waals surface area contributed by atoms with E-state index in [1.165, 1.54) is 48.0 Å². The first kappa shape index (κ1) is 54.8. The Labute approximate surface area is 432 Å². The number of alkyl halides is 5. The average Bonchev–Trinajstić information content (AvgIpc) is 4.07. The van der Waals surface area contributed by atoms with Crippen LogP contribution in [0.15, 0.2) is 84.5 Å². The van der Waals surface area contributed by atoms with Gasteiger partial charge in [-0.25, -0.2) is 18.2 Å². The minimum atomic E-state index is -5.23. The predicted octanol–water partition coefficient (Wildman–Crippen LogP) is 9.04. The zero-order chi connectivity index (χ0) is 53.9. The van der Waals surface area contributed by atoms with Crippen molar-refractivity contribution in [3.8, 4) is 33.5 Å². The monoisotopic (exact) mass is 1060 g/mol. The largest absolute Gasteiger partial charge is 0.490 e. The van der Waals surface area contributed by atoms with E-state index >= 15 is 4.39 Å². The van der Waals surface area contributed by atoms with Crippen LogP contribution in [0.25, 0.3) is 21.7 Å². The summed E-state index contributed by atoms with van der Waals surface area (Å²) >= 11 is 7.05. The van der Waals surface area contributed by atoms with E-state index < -0.39 is 102 Å². The number of amides is 4. The second-order valence-corrected chi connectivity index (χ2v) is 20.5. The fraction of sp³-hybridized carbons (Fsp3) is 0.385. The molecule has 3 aromatic carbocycles. The van der Waals surface area contributed by atoms with Crippen LogP contribution in [-0.2, 0) is 36.6 Å². The fourth-order valence-corrected chi connectivity index (χ4v) is 9.92. The van der Waals surface area contributed by atoms with Crippen molar-refractivity contribution in [1.29, 1.82) is 5.26 Å². The maximum Gasteiger partial charge on any atom is 0.420 e. The molecule has 0 aliphatic carbocycles. The molecule has 2 saturated heterocycles. The number of carbonyl (C=O) groups is 4. The van der Waals surface area contributed by atoms with Crippen molar-refractivity contribution in [2.75, 3.05) is 36.2 Å². The van der Waals surface area contributed by atoms with E-state index in [4.69, 9.17) is 21.7 Å². The molecule has 2 fully saturated rings. The number of hydrogen-bond donors (Lipinski definition) is 2. The van der Waals surface area contributed by atoms with Gasteiger partial charge in [0.15, 0.2) is 23.3 Å². The minimum Gasteiger partial charge on any atom is -0.490 e. The van der Waals surface area contributed by atoms with E-state index in [9.17, 15) is 46.4 Å². The quantitative estimate of drug-likeness (QED) is 0.0673. The van der Waals surface area contributed by atoms with Gasteiger partial charge < -0.3 is 29.9 Å². The molecule has 5 aromatic rings. The molecule has 0 spiro atoms. The second kappa shape index (κ2) is 22.3. The molecule has 22 heteroatoms. The number of benzene rings is 3. The van der Waals surface area contributed by atoms with Gasteiger partial charge in [0.05, 0.1) is 57.6 Å². The average molecular weight is 1060 g/mol. The molecule has 2 aliphatic heterocycles. The molecule has 14 nitrogen and oxygen atoms in total. The summed E-state index contributed by atoms with van der Waals surface area (Å²) in [4.78, 5) is 67.2. The summed E-state index contributed by atoms with van der Waals surface area (Å²) in [6, 6.07) is 18.3. The van der Waals surface area contributed by atoms with Crippen LogP contribution >= 0.6 is 23.6 Å². The molecule has 2 aromatic heterocycles. The summed E-state index contributed by atoms with van der Waals surface area (Å²) in [7, 11) is 0. The highest BCUT2D eigenvalue weighted by atomic mass is 32.1. The number of aryl methyl sites for hydroxylation is 1. The van der Waals surface area contributed by atoms with Crippen LogP contribution in [0.4, 0.5) is 37.7 Å². The normalized spacial score (nSPS) is 17.0. The Hall–Kier alpha value is -6.96. The number of halogens is 6. The number of anilines is 2. The smallest absolute Gasteiger partial charge is 0.420 e. The van der Waals surface area contributed by atoms with Gasteiger partial charge in [0.25, 0.3) is 5.91 Å². The third-order valence-corrected chi connectivity index (χ3v) is 13.9. The predicted molar refractivity (Wildman–Crippen MR) is 269 cm³/mol. The first-order valence-electron chi connectivity index (χ1n) is 23.3. The number of nitriles is 1. The SMILES string of the molecule is Cc1ncsc1-c1ccc(CNC(=O)C2CCCN2C(=O)C(NC(=O)COCC(F)C(F)COc2ccc(-c3ccc(N4C(=S)N(c5ccc(C#N)c(C(F)(F)F)c5F)C(=O)C4(C)C)cn3)cc2)C(C)(C)C)cc1. The standard InChI is InChI=1S/C52H52F6N8O6S2/c1-29-44(74-28-62-29)32-11-9-30(10-12-32)23-61-46(68)40-8-7-21-64(40)47(69)45(50(2,3)4)63-41(67)27-71-25-36(53)37(54)26-72-35-17-13-31(14-18-35)38-19-16-34(24-60-38)66-49(73)65(48(70)51(66,5)6)39-20-15-33(22-59)42(43(39)55)52(56,57)58/h9-20,24,28,36-37,40,45H,7-8,21,23,25-27H2,1-6H3,(H,61,68)(H,63,67). The molecule has 74 heavy (non-hydrogen) atoms. The van der Waals surface area contributed by atoms with E-state index in [1.54, 1.807) is 61.9 Å². The first-order valence-corrected chi connectivity index (χ1v) is 24.6. The molecular formula is C52H52F6N8O6S2.